The molecule has 1 saturated carbocycles. The van der Waals surface area contributed by atoms with Crippen molar-refractivity contribution in [2.24, 2.45) is 5.92 Å². The summed E-state index contributed by atoms with van der Waals surface area (Å²) in [7, 11) is 0. The molecule has 0 spiro atoms. The van der Waals surface area contributed by atoms with Crippen LogP contribution >= 0.6 is 15.9 Å². The summed E-state index contributed by atoms with van der Waals surface area (Å²) >= 11 is 3.42. The lowest BCUT2D eigenvalue weighted by atomic mass is 9.86. The minimum atomic E-state index is -0.315. The second-order valence-corrected chi connectivity index (χ2v) is 7.10. The summed E-state index contributed by atoms with van der Waals surface area (Å²) in [5, 5.41) is 12.4. The van der Waals surface area contributed by atoms with Crippen molar-refractivity contribution in [2.45, 2.75) is 38.6 Å². The Morgan fingerprint density at radius 1 is 1.38 bits per heavy atom. The van der Waals surface area contributed by atoms with E-state index in [4.69, 9.17) is 9.47 Å². The first-order valence-corrected chi connectivity index (χ1v) is 8.89. The van der Waals surface area contributed by atoms with Crippen LogP contribution in [0.1, 0.15) is 38.2 Å². The van der Waals surface area contributed by atoms with Crippen molar-refractivity contribution < 1.29 is 14.3 Å². The topological polar surface area (TPSA) is 71.4 Å². The third-order valence-corrected chi connectivity index (χ3v) is 5.14. The van der Waals surface area contributed by atoms with E-state index in [1.807, 2.05) is 6.07 Å². The maximum atomic E-state index is 12.4. The molecule has 126 valence electrons. The molecular weight excluding hydrogens is 372 g/mol. The average molecular weight is 391 g/mol. The predicted molar refractivity (Wildman–Crippen MR) is 93.4 cm³/mol. The van der Waals surface area contributed by atoms with Crippen LogP contribution in [0.5, 0.6) is 11.5 Å². The van der Waals surface area contributed by atoms with E-state index in [0.717, 1.165) is 29.3 Å². The van der Waals surface area contributed by atoms with Gasteiger partial charge in [-0.15, -0.1) is 0 Å². The van der Waals surface area contributed by atoms with Crippen molar-refractivity contribution in [3.8, 4) is 17.6 Å². The number of nitriles is 1. The van der Waals surface area contributed by atoms with Gasteiger partial charge in [0.2, 0.25) is 6.79 Å². The van der Waals surface area contributed by atoms with E-state index in [1.54, 1.807) is 18.2 Å². The van der Waals surface area contributed by atoms with E-state index in [-0.39, 0.29) is 24.3 Å². The number of nitrogens with one attached hydrogen (secondary N) is 1. The molecule has 24 heavy (non-hydrogen) atoms. The number of rotatable bonds is 3. The highest BCUT2D eigenvalue weighted by atomic mass is 79.9. The van der Waals surface area contributed by atoms with Crippen molar-refractivity contribution in [3.05, 3.63) is 27.7 Å². The molecule has 2 atom stereocenters. The molecule has 1 heterocycles. The quantitative estimate of drug-likeness (QED) is 0.629. The van der Waals surface area contributed by atoms with E-state index in [9.17, 15) is 10.1 Å². The van der Waals surface area contributed by atoms with Gasteiger partial charge in [0.25, 0.3) is 5.91 Å². The zero-order valence-electron chi connectivity index (χ0n) is 13.5. The van der Waals surface area contributed by atoms with Crippen molar-refractivity contribution in [1.29, 1.82) is 5.26 Å². The minimum Gasteiger partial charge on any atom is -0.454 e. The molecule has 0 aromatic heterocycles. The second-order valence-electron chi connectivity index (χ2n) is 6.25. The van der Waals surface area contributed by atoms with Gasteiger partial charge in [-0.3, -0.25) is 4.79 Å². The predicted octanol–water partition coefficient (Wildman–Crippen LogP) is 3.78. The standard InChI is InChI=1S/C18H19BrN2O3/c1-11-4-2-3-5-15(11)21-18(22)13(9-20)6-12-7-14(19)17-16(8-12)23-10-24-17/h6-8,11,15H,2-5,10H2,1H3,(H,21,22)/b13-6+/t11-,15-/m1/s1. The summed E-state index contributed by atoms with van der Waals surface area (Å²) in [6.07, 6.45) is 6.00. The Morgan fingerprint density at radius 2 is 2.17 bits per heavy atom. The Kier molecular flexibility index (Phi) is 5.10. The first-order chi connectivity index (χ1) is 11.6. The fraction of sp³-hybridized carbons (Fsp3) is 0.444. The number of carbonyl (C=O) groups is 1. The molecule has 2 aliphatic rings. The second kappa shape index (κ2) is 7.27. The van der Waals surface area contributed by atoms with Gasteiger partial charge in [-0.05, 0) is 58.5 Å². The lowest BCUT2D eigenvalue weighted by molar-refractivity contribution is -0.118. The van der Waals surface area contributed by atoms with Gasteiger partial charge >= 0.3 is 0 Å². The Bertz CT molecular complexity index is 724. The monoisotopic (exact) mass is 390 g/mol. The zero-order chi connectivity index (χ0) is 17.1. The van der Waals surface area contributed by atoms with Crippen LogP contribution in [0.15, 0.2) is 22.2 Å². The lowest BCUT2D eigenvalue weighted by Crippen LogP contribution is -2.41. The van der Waals surface area contributed by atoms with Crippen molar-refractivity contribution >= 4 is 27.9 Å². The Balaban J connectivity index is 1.78. The van der Waals surface area contributed by atoms with Gasteiger partial charge in [0.15, 0.2) is 11.5 Å². The first kappa shape index (κ1) is 16.8. The van der Waals surface area contributed by atoms with Crippen molar-refractivity contribution in [3.63, 3.8) is 0 Å². The zero-order valence-corrected chi connectivity index (χ0v) is 15.1. The van der Waals surface area contributed by atoms with E-state index >= 15 is 0 Å². The van der Waals surface area contributed by atoms with Crippen LogP contribution in [0.25, 0.3) is 6.08 Å². The Labute approximate surface area is 149 Å². The molecule has 0 unspecified atom stereocenters. The molecule has 1 aliphatic heterocycles. The third-order valence-electron chi connectivity index (χ3n) is 4.55. The SMILES string of the molecule is C[C@@H]1CCCC[C@H]1NC(=O)/C(C#N)=C/c1cc(Br)c2c(c1)OCO2. The van der Waals surface area contributed by atoms with Gasteiger partial charge in [-0.25, -0.2) is 0 Å². The number of fused-ring (bicyclic) bond motifs is 1. The summed E-state index contributed by atoms with van der Waals surface area (Å²) < 4.78 is 11.4. The molecule has 0 radical (unpaired) electrons. The molecular formula is C18H19BrN2O3. The summed E-state index contributed by atoms with van der Waals surface area (Å²) in [5.41, 5.74) is 0.813. The van der Waals surface area contributed by atoms with E-state index in [1.165, 1.54) is 6.42 Å². The summed E-state index contributed by atoms with van der Waals surface area (Å²) in [6, 6.07) is 5.72. The van der Waals surface area contributed by atoms with Crippen LogP contribution in [0, 0.1) is 17.2 Å². The number of ether oxygens (including phenoxy) is 2. The number of nitrogens with zero attached hydrogens (tertiary/aromatic N) is 1. The van der Waals surface area contributed by atoms with Gasteiger partial charge in [0.05, 0.1) is 4.47 Å². The molecule has 1 amide bonds. The van der Waals surface area contributed by atoms with Crippen LogP contribution in [0.2, 0.25) is 0 Å². The van der Waals surface area contributed by atoms with Crippen LogP contribution in [0.4, 0.5) is 0 Å². The number of amides is 1. The third kappa shape index (κ3) is 3.57. The summed E-state index contributed by atoms with van der Waals surface area (Å²) in [5.74, 6) is 1.38. The van der Waals surface area contributed by atoms with Crippen LogP contribution in [0.3, 0.4) is 0 Å². The fourth-order valence-electron chi connectivity index (χ4n) is 3.16. The van der Waals surface area contributed by atoms with E-state index in [2.05, 4.69) is 28.2 Å². The van der Waals surface area contributed by atoms with Gasteiger partial charge < -0.3 is 14.8 Å². The van der Waals surface area contributed by atoms with Gasteiger partial charge in [-0.1, -0.05) is 19.8 Å². The molecule has 5 nitrogen and oxygen atoms in total. The van der Waals surface area contributed by atoms with Gasteiger partial charge in [-0.2, -0.15) is 5.26 Å². The minimum absolute atomic E-state index is 0.0959. The van der Waals surface area contributed by atoms with Gasteiger partial charge in [0.1, 0.15) is 11.6 Å². The molecule has 1 fully saturated rings. The molecule has 3 rings (SSSR count). The van der Waals surface area contributed by atoms with Crippen molar-refractivity contribution in [1.82, 2.24) is 5.32 Å². The molecule has 1 N–H and O–H groups in total. The molecule has 1 aliphatic carbocycles. The maximum Gasteiger partial charge on any atom is 0.262 e. The van der Waals surface area contributed by atoms with Crippen molar-refractivity contribution in [2.75, 3.05) is 6.79 Å². The fourth-order valence-corrected chi connectivity index (χ4v) is 3.74. The molecule has 1 aromatic carbocycles. The number of halogens is 1. The summed E-state index contributed by atoms with van der Waals surface area (Å²) in [4.78, 5) is 12.4. The highest BCUT2D eigenvalue weighted by Crippen LogP contribution is 2.40. The first-order valence-electron chi connectivity index (χ1n) is 8.10. The smallest absolute Gasteiger partial charge is 0.262 e. The Morgan fingerprint density at radius 3 is 2.92 bits per heavy atom. The highest BCUT2D eigenvalue weighted by Gasteiger charge is 2.24. The van der Waals surface area contributed by atoms with Crippen LogP contribution < -0.4 is 14.8 Å². The summed E-state index contributed by atoms with van der Waals surface area (Å²) in [6.45, 7) is 2.32. The molecule has 6 heteroatoms. The average Bonchev–Trinajstić information content (AvgIpc) is 3.03. The van der Waals surface area contributed by atoms with E-state index < -0.39 is 0 Å². The maximum absolute atomic E-state index is 12.4. The van der Waals surface area contributed by atoms with Crippen LogP contribution in [-0.2, 0) is 4.79 Å². The number of hydrogen-bond donors (Lipinski definition) is 1. The number of hydrogen-bond acceptors (Lipinski definition) is 4. The van der Waals surface area contributed by atoms with Crippen LogP contribution in [-0.4, -0.2) is 18.7 Å². The lowest BCUT2D eigenvalue weighted by Gasteiger charge is -2.29. The number of benzene rings is 1. The molecule has 0 saturated heterocycles. The molecule has 0 bridgehead atoms. The Hall–Kier alpha value is -2.00. The number of carbonyl (C=O) groups excluding carboxylic acids is 1. The van der Waals surface area contributed by atoms with E-state index in [0.29, 0.717) is 17.4 Å². The van der Waals surface area contributed by atoms with Gasteiger partial charge in [0, 0.05) is 6.04 Å². The highest BCUT2D eigenvalue weighted by molar-refractivity contribution is 9.10. The largest absolute Gasteiger partial charge is 0.454 e. The normalized spacial score (nSPS) is 22.8. The molecule has 1 aromatic rings.